The molecule has 0 unspecified atom stereocenters. The van der Waals surface area contributed by atoms with Crippen LogP contribution in [-0.4, -0.2) is 38.7 Å². The molecule has 0 aliphatic carbocycles. The first-order valence-electron chi connectivity index (χ1n) is 9.78. The second-order valence-corrected chi connectivity index (χ2v) is 8.21. The van der Waals surface area contributed by atoms with Crippen molar-refractivity contribution < 1.29 is 4.79 Å². The number of imidazole rings is 1. The number of carbonyl (C=O) groups is 1. The van der Waals surface area contributed by atoms with Crippen LogP contribution < -0.4 is 10.2 Å². The van der Waals surface area contributed by atoms with Crippen LogP contribution in [0.3, 0.4) is 0 Å². The van der Waals surface area contributed by atoms with E-state index in [4.69, 9.17) is 23.2 Å². The highest BCUT2D eigenvalue weighted by Gasteiger charge is 2.30. The summed E-state index contributed by atoms with van der Waals surface area (Å²) in [5.41, 5.74) is 0.929. The van der Waals surface area contributed by atoms with Gasteiger partial charge in [-0.2, -0.15) is 0 Å². The lowest BCUT2D eigenvalue weighted by molar-refractivity contribution is -0.125. The fourth-order valence-electron chi connectivity index (χ4n) is 3.74. The van der Waals surface area contributed by atoms with Crippen LogP contribution in [-0.2, 0) is 11.8 Å². The van der Waals surface area contributed by atoms with E-state index in [2.05, 4.69) is 25.4 Å². The number of aromatic nitrogens is 4. The van der Waals surface area contributed by atoms with Gasteiger partial charge < -0.3 is 14.8 Å². The van der Waals surface area contributed by atoms with E-state index in [1.165, 1.54) is 0 Å². The second-order valence-electron chi connectivity index (χ2n) is 7.39. The zero-order chi connectivity index (χ0) is 21.1. The summed E-state index contributed by atoms with van der Waals surface area (Å²) in [4.78, 5) is 19.8. The Hall–Kier alpha value is -2.64. The number of nitrogens with one attached hydrogen (secondary N) is 1. The predicted octanol–water partition coefficient (Wildman–Crippen LogP) is 3.64. The molecular formula is C21H22Cl2N6O. The van der Waals surface area contributed by atoms with E-state index in [0.717, 1.165) is 36.6 Å². The highest BCUT2D eigenvalue weighted by molar-refractivity contribution is 6.30. The van der Waals surface area contributed by atoms with E-state index in [9.17, 15) is 4.79 Å². The Bertz CT molecular complexity index is 1010. The van der Waals surface area contributed by atoms with Crippen LogP contribution >= 0.6 is 23.2 Å². The van der Waals surface area contributed by atoms with Crippen molar-refractivity contribution in [1.82, 2.24) is 25.1 Å². The van der Waals surface area contributed by atoms with E-state index in [1.807, 2.05) is 48.1 Å². The van der Waals surface area contributed by atoms with Crippen LogP contribution in [0, 0.1) is 5.92 Å². The van der Waals surface area contributed by atoms with Gasteiger partial charge in [-0.05, 0) is 42.7 Å². The molecule has 2 aromatic heterocycles. The Balaban J connectivity index is 1.52. The minimum Gasteiger partial charge on any atom is -0.354 e. The molecule has 1 N–H and O–H groups in total. The van der Waals surface area contributed by atoms with E-state index >= 15 is 0 Å². The van der Waals surface area contributed by atoms with Gasteiger partial charge in [-0.25, -0.2) is 4.98 Å². The maximum atomic E-state index is 13.2. The number of anilines is 1. The minimum absolute atomic E-state index is 0.00965. The lowest BCUT2D eigenvalue weighted by Crippen LogP contribution is -2.44. The number of carbonyl (C=O) groups excluding carboxylic acids is 1. The van der Waals surface area contributed by atoms with E-state index in [0.29, 0.717) is 16.7 Å². The SMILES string of the molecule is Cn1ccnc1[C@H](NC(=O)[C@@H]1CCCN(c2ccc(Cl)nn2)C1)c1ccc(Cl)cc1. The normalized spacial score (nSPS) is 17.6. The summed E-state index contributed by atoms with van der Waals surface area (Å²) in [5.74, 6) is 1.33. The fraction of sp³-hybridized carbons (Fsp3) is 0.333. The standard InChI is InChI=1S/C21H22Cl2N6O/c1-28-12-10-24-20(28)19(14-4-6-16(22)7-5-14)25-21(30)15-3-2-11-29(13-15)18-9-8-17(23)26-27-18/h4-10,12,15,19H,2-3,11,13H2,1H3,(H,25,30)/t15-,19-/m1/s1. The summed E-state index contributed by atoms with van der Waals surface area (Å²) < 4.78 is 1.91. The molecular weight excluding hydrogens is 423 g/mol. The summed E-state index contributed by atoms with van der Waals surface area (Å²) in [6.45, 7) is 1.41. The minimum atomic E-state index is -0.361. The number of nitrogens with zero attached hydrogens (tertiary/aromatic N) is 5. The molecule has 0 bridgehead atoms. The van der Waals surface area contributed by atoms with Gasteiger partial charge in [-0.1, -0.05) is 35.3 Å². The van der Waals surface area contributed by atoms with Gasteiger partial charge in [0.25, 0.3) is 0 Å². The Kier molecular flexibility index (Phi) is 6.20. The van der Waals surface area contributed by atoms with Gasteiger partial charge in [-0.15, -0.1) is 10.2 Å². The molecule has 1 aliphatic rings. The smallest absolute Gasteiger partial charge is 0.225 e. The molecule has 3 aromatic rings. The van der Waals surface area contributed by atoms with Crippen LogP contribution in [0.1, 0.15) is 30.3 Å². The number of amides is 1. The van der Waals surface area contributed by atoms with Crippen molar-refractivity contribution in [2.45, 2.75) is 18.9 Å². The lowest BCUT2D eigenvalue weighted by atomic mass is 9.96. The van der Waals surface area contributed by atoms with E-state index < -0.39 is 0 Å². The Morgan fingerprint density at radius 1 is 1.17 bits per heavy atom. The quantitative estimate of drug-likeness (QED) is 0.649. The molecule has 1 amide bonds. The highest BCUT2D eigenvalue weighted by atomic mass is 35.5. The fourth-order valence-corrected chi connectivity index (χ4v) is 3.97. The zero-order valence-corrected chi connectivity index (χ0v) is 18.0. The monoisotopic (exact) mass is 444 g/mol. The molecule has 2 atom stereocenters. The van der Waals surface area contributed by atoms with E-state index in [1.54, 1.807) is 12.3 Å². The molecule has 3 heterocycles. The molecule has 1 saturated heterocycles. The summed E-state index contributed by atoms with van der Waals surface area (Å²) in [6.07, 6.45) is 5.31. The molecule has 0 spiro atoms. The van der Waals surface area contributed by atoms with Crippen LogP contribution in [0.25, 0.3) is 0 Å². The zero-order valence-electron chi connectivity index (χ0n) is 16.5. The van der Waals surface area contributed by atoms with Crippen molar-refractivity contribution in [2.24, 2.45) is 13.0 Å². The lowest BCUT2D eigenvalue weighted by Gasteiger charge is -2.33. The second kappa shape index (κ2) is 9.02. The third-order valence-electron chi connectivity index (χ3n) is 5.34. The Morgan fingerprint density at radius 3 is 2.63 bits per heavy atom. The summed E-state index contributed by atoms with van der Waals surface area (Å²) in [5, 5.41) is 12.3. The van der Waals surface area contributed by atoms with Gasteiger partial charge in [0.05, 0.1) is 5.92 Å². The summed E-state index contributed by atoms with van der Waals surface area (Å²) >= 11 is 11.9. The number of aryl methyl sites for hydroxylation is 1. The van der Waals surface area contributed by atoms with Gasteiger partial charge in [-0.3, -0.25) is 4.79 Å². The maximum absolute atomic E-state index is 13.2. The van der Waals surface area contributed by atoms with Crippen molar-refractivity contribution in [3.8, 4) is 0 Å². The van der Waals surface area contributed by atoms with Crippen LogP contribution in [0.5, 0.6) is 0 Å². The summed E-state index contributed by atoms with van der Waals surface area (Å²) in [6, 6.07) is 10.7. The first-order chi connectivity index (χ1) is 14.5. The molecule has 9 heteroatoms. The first kappa shape index (κ1) is 20.6. The molecule has 1 fully saturated rings. The van der Waals surface area contributed by atoms with Gasteiger partial charge in [0.1, 0.15) is 11.9 Å². The Labute approximate surface area is 185 Å². The molecule has 0 saturated carbocycles. The molecule has 0 radical (unpaired) electrons. The average molecular weight is 445 g/mol. The number of rotatable bonds is 5. The van der Waals surface area contributed by atoms with E-state index in [-0.39, 0.29) is 17.9 Å². The largest absolute Gasteiger partial charge is 0.354 e. The van der Waals surface area contributed by atoms with Crippen LogP contribution in [0.2, 0.25) is 10.2 Å². The van der Waals surface area contributed by atoms with Crippen LogP contribution in [0.4, 0.5) is 5.82 Å². The van der Waals surface area contributed by atoms with Gasteiger partial charge in [0.15, 0.2) is 11.0 Å². The topological polar surface area (TPSA) is 75.9 Å². The van der Waals surface area contributed by atoms with Crippen molar-refractivity contribution in [2.75, 3.05) is 18.0 Å². The Morgan fingerprint density at radius 2 is 1.97 bits per heavy atom. The predicted molar refractivity (Wildman–Crippen MR) is 117 cm³/mol. The highest BCUT2D eigenvalue weighted by Crippen LogP contribution is 2.26. The first-order valence-corrected chi connectivity index (χ1v) is 10.5. The average Bonchev–Trinajstić information content (AvgIpc) is 3.19. The van der Waals surface area contributed by atoms with Gasteiger partial charge in [0, 0.05) is 37.6 Å². The molecule has 1 aromatic carbocycles. The molecule has 4 rings (SSSR count). The molecule has 30 heavy (non-hydrogen) atoms. The number of halogens is 2. The summed E-state index contributed by atoms with van der Waals surface area (Å²) in [7, 11) is 1.92. The number of hydrogen-bond donors (Lipinski definition) is 1. The van der Waals surface area contributed by atoms with Gasteiger partial charge in [0.2, 0.25) is 5.91 Å². The molecule has 7 nitrogen and oxygen atoms in total. The number of benzene rings is 1. The van der Waals surface area contributed by atoms with Crippen molar-refractivity contribution in [1.29, 1.82) is 0 Å². The van der Waals surface area contributed by atoms with Crippen molar-refractivity contribution in [3.63, 3.8) is 0 Å². The van der Waals surface area contributed by atoms with Crippen molar-refractivity contribution in [3.05, 3.63) is 70.4 Å². The molecule has 1 aliphatic heterocycles. The van der Waals surface area contributed by atoms with Gasteiger partial charge >= 0.3 is 0 Å². The maximum Gasteiger partial charge on any atom is 0.225 e. The molecule has 156 valence electrons. The third-order valence-corrected chi connectivity index (χ3v) is 5.79. The number of piperidine rings is 1. The van der Waals surface area contributed by atoms with Crippen LogP contribution in [0.15, 0.2) is 48.8 Å². The third kappa shape index (κ3) is 4.57. The number of hydrogen-bond acceptors (Lipinski definition) is 5. The van der Waals surface area contributed by atoms with Crippen molar-refractivity contribution >= 4 is 34.9 Å².